The monoisotopic (exact) mass is 367 g/mol. The average molecular weight is 367 g/mol. The minimum absolute atomic E-state index is 0.315. The number of rotatable bonds is 2. The predicted octanol–water partition coefficient (Wildman–Crippen LogP) is 3.40. The van der Waals surface area contributed by atoms with Crippen molar-refractivity contribution in [3.63, 3.8) is 0 Å². The first kappa shape index (κ1) is 18.1. The topological polar surface area (TPSA) is 64.3 Å². The number of nitrogens with one attached hydrogen (secondary N) is 2. The maximum atomic E-state index is 12.6. The van der Waals surface area contributed by atoms with Gasteiger partial charge in [0.05, 0.1) is 22.6 Å². The van der Waals surface area contributed by atoms with E-state index in [0.717, 1.165) is 29.2 Å². The lowest BCUT2D eigenvalue weighted by atomic mass is 10.2. The van der Waals surface area contributed by atoms with Crippen LogP contribution in [-0.2, 0) is 6.18 Å². The van der Waals surface area contributed by atoms with Crippen LogP contribution in [0.3, 0.4) is 0 Å². The molecule has 2 N–H and O–H groups in total. The number of nitrogens with zero attached hydrogens (tertiary/aromatic N) is 3. The van der Waals surface area contributed by atoms with Gasteiger partial charge in [0, 0.05) is 31.9 Å². The summed E-state index contributed by atoms with van der Waals surface area (Å²) in [4.78, 5) is 16.2. The molecule has 1 aromatic heterocycles. The van der Waals surface area contributed by atoms with Crippen molar-refractivity contribution in [3.8, 4) is 0 Å². The second kappa shape index (κ2) is 6.89. The van der Waals surface area contributed by atoms with E-state index in [-0.39, 0.29) is 6.03 Å². The smallest absolute Gasteiger partial charge is 0.365 e. The van der Waals surface area contributed by atoms with Gasteiger partial charge in [-0.2, -0.15) is 18.3 Å². The minimum Gasteiger partial charge on any atom is -0.365 e. The van der Waals surface area contributed by atoms with Crippen molar-refractivity contribution >= 4 is 17.4 Å². The highest BCUT2D eigenvalue weighted by atomic mass is 19.4. The van der Waals surface area contributed by atoms with E-state index in [1.165, 1.54) is 12.1 Å². The third-order valence-corrected chi connectivity index (χ3v) is 4.44. The van der Waals surface area contributed by atoms with Crippen molar-refractivity contribution in [3.05, 3.63) is 41.2 Å². The lowest BCUT2D eigenvalue weighted by Gasteiger charge is -2.36. The number of urea groups is 1. The van der Waals surface area contributed by atoms with Gasteiger partial charge in [-0.15, -0.1) is 0 Å². The van der Waals surface area contributed by atoms with Crippen molar-refractivity contribution < 1.29 is 18.0 Å². The average Bonchev–Trinajstić information content (AvgIpc) is 2.93. The van der Waals surface area contributed by atoms with E-state index in [0.29, 0.717) is 31.9 Å². The quantitative estimate of drug-likeness (QED) is 0.855. The van der Waals surface area contributed by atoms with Crippen LogP contribution in [0.15, 0.2) is 24.3 Å². The third-order valence-electron chi connectivity index (χ3n) is 4.44. The fraction of sp³-hybridized carbons (Fsp3) is 0.412. The Bertz CT molecular complexity index is 757. The summed E-state index contributed by atoms with van der Waals surface area (Å²) in [5, 5.41) is 9.78. The number of carbonyl (C=O) groups excluding carboxylic acids is 1. The van der Waals surface area contributed by atoms with Crippen LogP contribution in [0.5, 0.6) is 0 Å². The lowest BCUT2D eigenvalue weighted by molar-refractivity contribution is -0.137. The Morgan fingerprint density at radius 2 is 1.73 bits per heavy atom. The van der Waals surface area contributed by atoms with Gasteiger partial charge in [0.15, 0.2) is 0 Å². The first-order valence-corrected chi connectivity index (χ1v) is 8.25. The van der Waals surface area contributed by atoms with Crippen LogP contribution in [-0.4, -0.2) is 47.3 Å². The second-order valence-electron chi connectivity index (χ2n) is 6.26. The highest BCUT2D eigenvalue weighted by Crippen LogP contribution is 2.30. The zero-order valence-electron chi connectivity index (χ0n) is 14.5. The molecule has 0 atom stereocenters. The van der Waals surface area contributed by atoms with Crippen LogP contribution < -0.4 is 10.2 Å². The molecule has 0 unspecified atom stereocenters. The Morgan fingerprint density at radius 3 is 2.23 bits per heavy atom. The van der Waals surface area contributed by atoms with Crippen molar-refractivity contribution in [2.24, 2.45) is 0 Å². The number of alkyl halides is 3. The molecule has 0 spiro atoms. The normalized spacial score (nSPS) is 15.3. The largest absolute Gasteiger partial charge is 0.416 e. The summed E-state index contributed by atoms with van der Waals surface area (Å²) in [6, 6.07) is 4.12. The summed E-state index contributed by atoms with van der Waals surface area (Å²) in [5.74, 6) is 0. The molecule has 2 aromatic rings. The molecule has 0 radical (unpaired) electrons. The summed E-state index contributed by atoms with van der Waals surface area (Å²) in [7, 11) is 0. The molecule has 6 nitrogen and oxygen atoms in total. The number of aryl methyl sites for hydroxylation is 2. The number of hydrogen-bond acceptors (Lipinski definition) is 3. The van der Waals surface area contributed by atoms with Gasteiger partial charge < -0.3 is 15.1 Å². The van der Waals surface area contributed by atoms with Crippen LogP contribution in [0.4, 0.5) is 29.3 Å². The molecular formula is C17H20F3N5O. The van der Waals surface area contributed by atoms with Crippen LogP contribution in [0.2, 0.25) is 0 Å². The summed E-state index contributed by atoms with van der Waals surface area (Å²) >= 11 is 0. The number of aromatic amines is 1. The van der Waals surface area contributed by atoms with Gasteiger partial charge >= 0.3 is 12.2 Å². The molecule has 0 bridgehead atoms. The molecule has 1 fully saturated rings. The molecule has 9 heteroatoms. The summed E-state index contributed by atoms with van der Waals surface area (Å²) in [6.45, 7) is 6.28. The molecule has 1 aliphatic rings. The van der Waals surface area contributed by atoms with Crippen molar-refractivity contribution in [2.45, 2.75) is 20.0 Å². The highest BCUT2D eigenvalue weighted by molar-refractivity contribution is 5.89. The van der Waals surface area contributed by atoms with E-state index in [4.69, 9.17) is 0 Å². The molecule has 2 heterocycles. The molecule has 1 saturated heterocycles. The Kier molecular flexibility index (Phi) is 4.80. The Labute approximate surface area is 149 Å². The molecule has 2 amide bonds. The number of hydrogen-bond donors (Lipinski definition) is 2. The minimum atomic E-state index is -4.39. The molecule has 1 aromatic carbocycles. The van der Waals surface area contributed by atoms with Gasteiger partial charge in [-0.1, -0.05) is 0 Å². The number of halogens is 3. The van der Waals surface area contributed by atoms with Gasteiger partial charge in [0.25, 0.3) is 0 Å². The summed E-state index contributed by atoms with van der Waals surface area (Å²) in [6.07, 6.45) is -4.39. The number of aromatic nitrogens is 2. The number of amides is 2. The van der Waals surface area contributed by atoms with Crippen molar-refractivity contribution in [1.29, 1.82) is 0 Å². The zero-order valence-corrected chi connectivity index (χ0v) is 14.5. The maximum Gasteiger partial charge on any atom is 0.416 e. The zero-order chi connectivity index (χ0) is 18.9. The number of H-pyrrole nitrogens is 1. The second-order valence-corrected chi connectivity index (χ2v) is 6.26. The molecule has 1 aliphatic heterocycles. The number of benzene rings is 1. The highest BCUT2D eigenvalue weighted by Gasteiger charge is 2.30. The fourth-order valence-electron chi connectivity index (χ4n) is 3.09. The van der Waals surface area contributed by atoms with Crippen LogP contribution in [0.25, 0.3) is 0 Å². The van der Waals surface area contributed by atoms with E-state index in [9.17, 15) is 18.0 Å². The molecule has 0 saturated carbocycles. The van der Waals surface area contributed by atoms with Gasteiger partial charge in [0.2, 0.25) is 0 Å². The fourth-order valence-corrected chi connectivity index (χ4v) is 3.09. The lowest BCUT2D eigenvalue weighted by Crippen LogP contribution is -2.50. The first-order chi connectivity index (χ1) is 12.3. The van der Waals surface area contributed by atoms with E-state index in [1.54, 1.807) is 4.90 Å². The predicted molar refractivity (Wildman–Crippen MR) is 92.3 cm³/mol. The standard InChI is InChI=1S/C17H20F3N5O/c1-11-15(12(2)23-22-11)24-7-9-25(10-8-24)16(26)21-14-5-3-13(4-6-14)17(18,19)20/h3-6H,7-10H2,1-2H3,(H,21,26)(H,22,23). The van der Waals surface area contributed by atoms with E-state index < -0.39 is 11.7 Å². The maximum absolute atomic E-state index is 12.6. The SMILES string of the molecule is Cc1n[nH]c(C)c1N1CCN(C(=O)Nc2ccc(C(F)(F)F)cc2)CC1. The van der Waals surface area contributed by atoms with Gasteiger partial charge in [0.1, 0.15) is 0 Å². The van der Waals surface area contributed by atoms with Gasteiger partial charge in [-0.05, 0) is 38.1 Å². The van der Waals surface area contributed by atoms with Crippen LogP contribution >= 0.6 is 0 Å². The summed E-state index contributed by atoms with van der Waals surface area (Å²) in [5.41, 5.74) is 2.57. The number of anilines is 2. The van der Waals surface area contributed by atoms with E-state index >= 15 is 0 Å². The Morgan fingerprint density at radius 1 is 1.12 bits per heavy atom. The first-order valence-electron chi connectivity index (χ1n) is 8.25. The Hall–Kier alpha value is -2.71. The molecule has 0 aliphatic carbocycles. The van der Waals surface area contributed by atoms with Crippen LogP contribution in [0, 0.1) is 13.8 Å². The molecule has 26 heavy (non-hydrogen) atoms. The third kappa shape index (κ3) is 3.76. The van der Waals surface area contributed by atoms with Crippen LogP contribution in [0.1, 0.15) is 17.0 Å². The molecular weight excluding hydrogens is 347 g/mol. The van der Waals surface area contributed by atoms with Crippen molar-refractivity contribution in [2.75, 3.05) is 36.4 Å². The van der Waals surface area contributed by atoms with E-state index in [2.05, 4.69) is 20.4 Å². The number of carbonyl (C=O) groups is 1. The van der Waals surface area contributed by atoms with Gasteiger partial charge in [-0.25, -0.2) is 4.79 Å². The van der Waals surface area contributed by atoms with Crippen molar-refractivity contribution in [1.82, 2.24) is 15.1 Å². The molecule has 140 valence electrons. The summed E-state index contributed by atoms with van der Waals surface area (Å²) < 4.78 is 37.7. The van der Waals surface area contributed by atoms with E-state index in [1.807, 2.05) is 13.8 Å². The number of piperazine rings is 1. The molecule has 3 rings (SSSR count). The Balaban J connectivity index is 1.57. The van der Waals surface area contributed by atoms with Gasteiger partial charge in [-0.3, -0.25) is 5.10 Å².